The minimum atomic E-state index is -0.303. The van der Waals surface area contributed by atoms with E-state index in [4.69, 9.17) is 0 Å². The molecule has 0 aliphatic carbocycles. The van der Waals surface area contributed by atoms with Gasteiger partial charge in [0.2, 0.25) is 5.91 Å². The molecule has 1 amide bonds. The molecule has 3 heteroatoms. The number of thioether (sulfide) groups is 1. The van der Waals surface area contributed by atoms with Crippen molar-refractivity contribution in [2.45, 2.75) is 37.7 Å². The van der Waals surface area contributed by atoms with Crippen molar-refractivity contribution in [2.24, 2.45) is 0 Å². The molecule has 0 aromatic carbocycles. The maximum absolute atomic E-state index is 11.2. The first-order chi connectivity index (χ1) is 4.90. The SMILES string of the molecule is CNC(=O)C(C)(C)SC(C)C. The lowest BCUT2D eigenvalue weighted by molar-refractivity contribution is -0.122. The van der Waals surface area contributed by atoms with E-state index < -0.39 is 0 Å². The highest BCUT2D eigenvalue weighted by Gasteiger charge is 2.27. The van der Waals surface area contributed by atoms with Crippen LogP contribution in [0.4, 0.5) is 0 Å². The fraction of sp³-hybridized carbons (Fsp3) is 0.875. The van der Waals surface area contributed by atoms with Gasteiger partial charge in [-0.05, 0) is 13.8 Å². The van der Waals surface area contributed by atoms with Gasteiger partial charge in [-0.1, -0.05) is 13.8 Å². The molecule has 2 nitrogen and oxygen atoms in total. The molecule has 0 fully saturated rings. The Kier molecular flexibility index (Phi) is 3.93. The highest BCUT2D eigenvalue weighted by atomic mass is 32.2. The molecule has 0 heterocycles. The summed E-state index contributed by atoms with van der Waals surface area (Å²) >= 11 is 1.68. The topological polar surface area (TPSA) is 29.1 Å². The minimum absolute atomic E-state index is 0.0937. The van der Waals surface area contributed by atoms with Crippen LogP contribution in [0.15, 0.2) is 0 Å². The Bertz CT molecular complexity index is 143. The van der Waals surface area contributed by atoms with Gasteiger partial charge in [0.05, 0.1) is 4.75 Å². The average molecular weight is 175 g/mol. The fourth-order valence-electron chi connectivity index (χ4n) is 0.944. The van der Waals surface area contributed by atoms with E-state index >= 15 is 0 Å². The highest BCUT2D eigenvalue weighted by Crippen LogP contribution is 2.28. The van der Waals surface area contributed by atoms with E-state index in [1.807, 2.05) is 13.8 Å². The Labute approximate surface area is 73.1 Å². The van der Waals surface area contributed by atoms with Gasteiger partial charge in [-0.2, -0.15) is 0 Å². The summed E-state index contributed by atoms with van der Waals surface area (Å²) in [5.41, 5.74) is 0. The molecule has 0 bridgehead atoms. The molecule has 66 valence electrons. The molecule has 0 unspecified atom stereocenters. The Balaban J connectivity index is 4.09. The maximum atomic E-state index is 11.2. The van der Waals surface area contributed by atoms with Crippen LogP contribution >= 0.6 is 11.8 Å². The van der Waals surface area contributed by atoms with Crippen LogP contribution in [0.5, 0.6) is 0 Å². The van der Waals surface area contributed by atoms with Crippen LogP contribution < -0.4 is 5.32 Å². The van der Waals surface area contributed by atoms with Gasteiger partial charge in [0.1, 0.15) is 0 Å². The van der Waals surface area contributed by atoms with Crippen LogP contribution in [0.2, 0.25) is 0 Å². The van der Waals surface area contributed by atoms with Crippen LogP contribution in [0, 0.1) is 0 Å². The summed E-state index contributed by atoms with van der Waals surface area (Å²) in [6, 6.07) is 0. The third-order valence-corrected chi connectivity index (χ3v) is 2.55. The van der Waals surface area contributed by atoms with Crippen LogP contribution in [0.25, 0.3) is 0 Å². The summed E-state index contributed by atoms with van der Waals surface area (Å²) in [5, 5.41) is 3.14. The van der Waals surface area contributed by atoms with E-state index in [1.54, 1.807) is 18.8 Å². The van der Waals surface area contributed by atoms with Crippen molar-refractivity contribution in [3.63, 3.8) is 0 Å². The van der Waals surface area contributed by atoms with E-state index in [0.29, 0.717) is 5.25 Å². The summed E-state index contributed by atoms with van der Waals surface area (Å²) in [6.45, 7) is 8.07. The van der Waals surface area contributed by atoms with Crippen molar-refractivity contribution in [2.75, 3.05) is 7.05 Å². The molecular formula is C8H17NOS. The monoisotopic (exact) mass is 175 g/mol. The summed E-state index contributed by atoms with van der Waals surface area (Å²) in [7, 11) is 1.67. The molecule has 0 aliphatic heterocycles. The van der Waals surface area contributed by atoms with Gasteiger partial charge in [-0.25, -0.2) is 0 Å². The first kappa shape index (κ1) is 10.8. The van der Waals surface area contributed by atoms with Gasteiger partial charge < -0.3 is 5.32 Å². The Hall–Kier alpha value is -0.180. The normalized spacial score (nSPS) is 11.8. The molecule has 0 saturated heterocycles. The van der Waals surface area contributed by atoms with Crippen molar-refractivity contribution in [1.82, 2.24) is 5.32 Å². The van der Waals surface area contributed by atoms with E-state index in [2.05, 4.69) is 19.2 Å². The molecule has 11 heavy (non-hydrogen) atoms. The van der Waals surface area contributed by atoms with Gasteiger partial charge in [0, 0.05) is 12.3 Å². The zero-order valence-corrected chi connectivity index (χ0v) is 8.71. The van der Waals surface area contributed by atoms with Crippen LogP contribution in [-0.2, 0) is 4.79 Å². The van der Waals surface area contributed by atoms with Crippen molar-refractivity contribution in [1.29, 1.82) is 0 Å². The third kappa shape index (κ3) is 3.65. The van der Waals surface area contributed by atoms with Gasteiger partial charge >= 0.3 is 0 Å². The van der Waals surface area contributed by atoms with Gasteiger partial charge in [-0.15, -0.1) is 11.8 Å². The number of rotatable bonds is 3. The quantitative estimate of drug-likeness (QED) is 0.706. The smallest absolute Gasteiger partial charge is 0.235 e. The van der Waals surface area contributed by atoms with Crippen molar-refractivity contribution in [3.8, 4) is 0 Å². The van der Waals surface area contributed by atoms with E-state index in [-0.39, 0.29) is 10.7 Å². The molecule has 0 spiro atoms. The van der Waals surface area contributed by atoms with E-state index in [9.17, 15) is 4.79 Å². The molecule has 0 aliphatic rings. The third-order valence-electron chi connectivity index (χ3n) is 1.30. The van der Waals surface area contributed by atoms with Gasteiger partial charge in [-0.3, -0.25) is 4.79 Å². The summed E-state index contributed by atoms with van der Waals surface area (Å²) in [5.74, 6) is 0.0937. The predicted octanol–water partition coefficient (Wildman–Crippen LogP) is 1.65. The van der Waals surface area contributed by atoms with Gasteiger partial charge in [0.15, 0.2) is 0 Å². The second kappa shape index (κ2) is 4.00. The lowest BCUT2D eigenvalue weighted by Crippen LogP contribution is -2.38. The van der Waals surface area contributed by atoms with E-state index in [0.717, 1.165) is 0 Å². The maximum Gasteiger partial charge on any atom is 0.235 e. The second-order valence-corrected chi connectivity index (χ2v) is 5.46. The standard InChI is InChI=1S/C8H17NOS/c1-6(2)11-8(3,4)7(10)9-5/h6H,1-5H3,(H,9,10). The highest BCUT2D eigenvalue weighted by molar-refractivity contribution is 8.01. The summed E-state index contributed by atoms with van der Waals surface area (Å²) < 4.78 is -0.303. The molecule has 0 aromatic rings. The molecule has 0 aromatic heterocycles. The van der Waals surface area contributed by atoms with Crippen molar-refractivity contribution >= 4 is 17.7 Å². The van der Waals surface area contributed by atoms with Crippen LogP contribution in [-0.4, -0.2) is 23.0 Å². The molecule has 1 N–H and O–H groups in total. The first-order valence-corrected chi connectivity index (χ1v) is 4.68. The summed E-state index contributed by atoms with van der Waals surface area (Å²) in [6.07, 6.45) is 0. The van der Waals surface area contributed by atoms with E-state index in [1.165, 1.54) is 0 Å². The largest absolute Gasteiger partial charge is 0.358 e. The molecule has 0 radical (unpaired) electrons. The molecule has 0 saturated carbocycles. The van der Waals surface area contributed by atoms with Crippen molar-refractivity contribution in [3.05, 3.63) is 0 Å². The number of carbonyl (C=O) groups is 1. The Morgan fingerprint density at radius 3 is 2.18 bits per heavy atom. The zero-order chi connectivity index (χ0) is 9.07. The molecular weight excluding hydrogens is 158 g/mol. The number of nitrogens with one attached hydrogen (secondary N) is 1. The van der Waals surface area contributed by atoms with Gasteiger partial charge in [0.25, 0.3) is 0 Å². The Morgan fingerprint density at radius 1 is 1.45 bits per heavy atom. The molecule has 0 atom stereocenters. The van der Waals surface area contributed by atoms with Crippen molar-refractivity contribution < 1.29 is 4.79 Å². The first-order valence-electron chi connectivity index (χ1n) is 3.80. The predicted molar refractivity (Wildman–Crippen MR) is 50.9 cm³/mol. The number of hydrogen-bond acceptors (Lipinski definition) is 2. The zero-order valence-electron chi connectivity index (χ0n) is 7.89. The van der Waals surface area contributed by atoms with Crippen LogP contribution in [0.3, 0.4) is 0 Å². The number of amides is 1. The average Bonchev–Trinajstić information content (AvgIpc) is 1.83. The fourth-order valence-corrected chi connectivity index (χ4v) is 2.33. The number of carbonyl (C=O) groups excluding carboxylic acids is 1. The summed E-state index contributed by atoms with van der Waals surface area (Å²) in [4.78, 5) is 11.2. The Morgan fingerprint density at radius 2 is 1.91 bits per heavy atom. The second-order valence-electron chi connectivity index (χ2n) is 3.26. The lowest BCUT2D eigenvalue weighted by Gasteiger charge is -2.23. The lowest BCUT2D eigenvalue weighted by atomic mass is 10.2. The van der Waals surface area contributed by atoms with Crippen LogP contribution in [0.1, 0.15) is 27.7 Å². The molecule has 0 rings (SSSR count). The number of hydrogen-bond donors (Lipinski definition) is 1. The minimum Gasteiger partial charge on any atom is -0.358 e.